The molecule has 0 atom stereocenters. The van der Waals surface area contributed by atoms with Gasteiger partial charge in [-0.3, -0.25) is 9.69 Å². The van der Waals surface area contributed by atoms with Crippen LogP contribution in [0.1, 0.15) is 28.4 Å². The van der Waals surface area contributed by atoms with Gasteiger partial charge in [-0.1, -0.05) is 0 Å². The predicted octanol–water partition coefficient (Wildman–Crippen LogP) is 1.92. The van der Waals surface area contributed by atoms with Gasteiger partial charge in [0.2, 0.25) is 0 Å². The molecule has 15 heavy (non-hydrogen) atoms. The lowest BCUT2D eigenvalue weighted by Crippen LogP contribution is -2.33. The third-order valence-electron chi connectivity index (χ3n) is 2.85. The van der Waals surface area contributed by atoms with Gasteiger partial charge in [0.25, 0.3) is 0 Å². The molecule has 0 radical (unpaired) electrons. The highest BCUT2D eigenvalue weighted by atomic mass is 32.1. The maximum atomic E-state index is 11.1. The molecule has 3 nitrogen and oxygen atoms in total. The molecule has 1 saturated heterocycles. The molecule has 0 aliphatic carbocycles. The van der Waals surface area contributed by atoms with E-state index in [1.54, 1.807) is 11.3 Å². The minimum atomic E-state index is 0.401. The van der Waals surface area contributed by atoms with Crippen LogP contribution in [0.25, 0.3) is 0 Å². The molecule has 4 heteroatoms. The SMILES string of the molecule is Cc1nc(CN2CCC(=O)CC2)sc1C. The summed E-state index contributed by atoms with van der Waals surface area (Å²) in [5.41, 5.74) is 1.14. The van der Waals surface area contributed by atoms with Crippen LogP contribution in [0, 0.1) is 13.8 Å². The molecule has 2 rings (SSSR count). The van der Waals surface area contributed by atoms with Crippen LogP contribution >= 0.6 is 11.3 Å². The maximum Gasteiger partial charge on any atom is 0.135 e. The molecule has 0 N–H and O–H groups in total. The second-order valence-electron chi connectivity index (χ2n) is 4.06. The van der Waals surface area contributed by atoms with E-state index in [0.717, 1.165) is 25.3 Å². The van der Waals surface area contributed by atoms with E-state index in [1.165, 1.54) is 9.88 Å². The lowest BCUT2D eigenvalue weighted by atomic mass is 10.1. The van der Waals surface area contributed by atoms with Gasteiger partial charge in [0, 0.05) is 30.8 Å². The Morgan fingerprint density at radius 1 is 1.33 bits per heavy atom. The lowest BCUT2D eigenvalue weighted by Gasteiger charge is -2.24. The molecule has 0 bridgehead atoms. The van der Waals surface area contributed by atoms with E-state index in [4.69, 9.17) is 0 Å². The van der Waals surface area contributed by atoms with Gasteiger partial charge in [-0.15, -0.1) is 11.3 Å². The standard InChI is InChI=1S/C11H16N2OS/c1-8-9(2)15-11(12-8)7-13-5-3-10(14)4-6-13/h3-7H2,1-2H3. The topological polar surface area (TPSA) is 33.2 Å². The number of carbonyl (C=O) groups is 1. The summed E-state index contributed by atoms with van der Waals surface area (Å²) in [6, 6.07) is 0. The van der Waals surface area contributed by atoms with Crippen LogP contribution in [0.5, 0.6) is 0 Å². The number of piperidine rings is 1. The van der Waals surface area contributed by atoms with Gasteiger partial charge in [-0.2, -0.15) is 0 Å². The van der Waals surface area contributed by atoms with Gasteiger partial charge in [-0.25, -0.2) is 4.98 Å². The molecule has 0 saturated carbocycles. The van der Waals surface area contributed by atoms with Crippen molar-refractivity contribution < 1.29 is 4.79 Å². The molecule has 1 aliphatic rings. The monoisotopic (exact) mass is 224 g/mol. The van der Waals surface area contributed by atoms with Crippen molar-refractivity contribution in [3.8, 4) is 0 Å². The zero-order valence-electron chi connectivity index (χ0n) is 9.25. The van der Waals surface area contributed by atoms with E-state index < -0.39 is 0 Å². The van der Waals surface area contributed by atoms with Crippen molar-refractivity contribution in [1.82, 2.24) is 9.88 Å². The van der Waals surface area contributed by atoms with E-state index in [1.807, 2.05) is 0 Å². The molecule has 82 valence electrons. The summed E-state index contributed by atoms with van der Waals surface area (Å²) in [7, 11) is 0. The fraction of sp³-hybridized carbons (Fsp3) is 0.636. The molecule has 1 aromatic rings. The van der Waals surface area contributed by atoms with Crippen LogP contribution in [0.4, 0.5) is 0 Å². The van der Waals surface area contributed by atoms with Crippen molar-refractivity contribution in [3.05, 3.63) is 15.6 Å². The van der Waals surface area contributed by atoms with Crippen molar-refractivity contribution >= 4 is 17.1 Å². The number of aromatic nitrogens is 1. The number of ketones is 1. The number of nitrogens with zero attached hydrogens (tertiary/aromatic N) is 2. The van der Waals surface area contributed by atoms with Crippen LogP contribution in [-0.2, 0) is 11.3 Å². The number of carbonyl (C=O) groups excluding carboxylic acids is 1. The molecule has 1 aliphatic heterocycles. The van der Waals surface area contributed by atoms with Gasteiger partial charge in [0.15, 0.2) is 0 Å². The Morgan fingerprint density at radius 3 is 2.53 bits per heavy atom. The van der Waals surface area contributed by atoms with E-state index in [9.17, 15) is 4.79 Å². The first-order valence-corrected chi connectivity index (χ1v) is 6.14. The average molecular weight is 224 g/mol. The minimum absolute atomic E-state index is 0.401. The van der Waals surface area contributed by atoms with Crippen LogP contribution in [-0.4, -0.2) is 28.8 Å². The highest BCUT2D eigenvalue weighted by Crippen LogP contribution is 2.19. The smallest absolute Gasteiger partial charge is 0.135 e. The molecule has 0 aromatic carbocycles. The van der Waals surface area contributed by atoms with Crippen LogP contribution in [0.2, 0.25) is 0 Å². The summed E-state index contributed by atoms with van der Waals surface area (Å²) in [6.07, 6.45) is 1.42. The van der Waals surface area contributed by atoms with Gasteiger partial charge in [0.05, 0.1) is 12.2 Å². The molecule has 2 heterocycles. The quantitative estimate of drug-likeness (QED) is 0.769. The lowest BCUT2D eigenvalue weighted by molar-refractivity contribution is -0.121. The molecule has 0 amide bonds. The first-order chi connectivity index (χ1) is 7.15. The largest absolute Gasteiger partial charge is 0.300 e. The number of hydrogen-bond acceptors (Lipinski definition) is 4. The summed E-state index contributed by atoms with van der Waals surface area (Å²) >= 11 is 1.77. The summed E-state index contributed by atoms with van der Waals surface area (Å²) in [6.45, 7) is 6.87. The van der Waals surface area contributed by atoms with E-state index in [0.29, 0.717) is 18.6 Å². The first kappa shape index (κ1) is 10.8. The number of Topliss-reactive ketones (excluding diaryl/α,β-unsaturated/α-hetero) is 1. The summed E-state index contributed by atoms with van der Waals surface area (Å²) in [5.74, 6) is 0.401. The zero-order chi connectivity index (χ0) is 10.8. The summed E-state index contributed by atoms with van der Waals surface area (Å²) in [5, 5.41) is 1.18. The summed E-state index contributed by atoms with van der Waals surface area (Å²) in [4.78, 5) is 19.2. The third-order valence-corrected chi connectivity index (χ3v) is 3.90. The highest BCUT2D eigenvalue weighted by molar-refractivity contribution is 7.11. The number of thiazole rings is 1. The Kier molecular flexibility index (Phi) is 3.17. The van der Waals surface area contributed by atoms with Gasteiger partial charge >= 0.3 is 0 Å². The second kappa shape index (κ2) is 4.41. The van der Waals surface area contributed by atoms with E-state index in [2.05, 4.69) is 23.7 Å². The normalized spacial score (nSPS) is 18.4. The molecular formula is C11H16N2OS. The fourth-order valence-corrected chi connectivity index (χ4v) is 2.74. The highest BCUT2D eigenvalue weighted by Gasteiger charge is 2.17. The number of aryl methyl sites for hydroxylation is 2. The van der Waals surface area contributed by atoms with Gasteiger partial charge < -0.3 is 0 Å². The summed E-state index contributed by atoms with van der Waals surface area (Å²) < 4.78 is 0. The van der Waals surface area contributed by atoms with Gasteiger partial charge in [0.1, 0.15) is 10.8 Å². The van der Waals surface area contributed by atoms with Crippen molar-refractivity contribution in [1.29, 1.82) is 0 Å². The molecule has 0 unspecified atom stereocenters. The average Bonchev–Trinajstić information content (AvgIpc) is 2.50. The Balaban J connectivity index is 1.94. The Labute approximate surface area is 94.1 Å². The van der Waals surface area contributed by atoms with Crippen LogP contribution < -0.4 is 0 Å². The van der Waals surface area contributed by atoms with E-state index in [-0.39, 0.29) is 0 Å². The second-order valence-corrected chi connectivity index (χ2v) is 5.35. The zero-order valence-corrected chi connectivity index (χ0v) is 10.1. The van der Waals surface area contributed by atoms with Crippen molar-refractivity contribution in [2.45, 2.75) is 33.2 Å². The van der Waals surface area contributed by atoms with Crippen molar-refractivity contribution in [2.24, 2.45) is 0 Å². The van der Waals surface area contributed by atoms with Crippen molar-refractivity contribution in [2.75, 3.05) is 13.1 Å². The molecule has 1 aromatic heterocycles. The van der Waals surface area contributed by atoms with Crippen LogP contribution in [0.15, 0.2) is 0 Å². The van der Waals surface area contributed by atoms with Gasteiger partial charge in [-0.05, 0) is 13.8 Å². The molecule has 0 spiro atoms. The maximum absolute atomic E-state index is 11.1. The number of hydrogen-bond donors (Lipinski definition) is 0. The number of rotatable bonds is 2. The predicted molar refractivity (Wildman–Crippen MR) is 61.1 cm³/mol. The number of likely N-dealkylation sites (tertiary alicyclic amines) is 1. The fourth-order valence-electron chi connectivity index (χ4n) is 1.76. The Hall–Kier alpha value is -0.740. The van der Waals surface area contributed by atoms with Crippen molar-refractivity contribution in [3.63, 3.8) is 0 Å². The molecule has 1 fully saturated rings. The first-order valence-electron chi connectivity index (χ1n) is 5.32. The Bertz CT molecular complexity index is 343. The van der Waals surface area contributed by atoms with Crippen LogP contribution in [0.3, 0.4) is 0 Å². The Morgan fingerprint density at radius 2 is 2.00 bits per heavy atom. The molecular weight excluding hydrogens is 208 g/mol. The van der Waals surface area contributed by atoms with E-state index >= 15 is 0 Å². The minimum Gasteiger partial charge on any atom is -0.300 e. The third kappa shape index (κ3) is 2.63.